The van der Waals surface area contributed by atoms with E-state index >= 15 is 0 Å². The molecule has 0 fully saturated rings. The Hall–Kier alpha value is -1.80. The lowest BCUT2D eigenvalue weighted by molar-refractivity contribution is -0.870. The van der Waals surface area contributed by atoms with Crippen molar-refractivity contribution in [3.8, 4) is 0 Å². The molecular weight excluding hydrogens is 912 g/mol. The lowest BCUT2D eigenvalue weighted by Crippen LogP contribution is -2.45. The van der Waals surface area contributed by atoms with Crippen molar-refractivity contribution in [2.75, 3.05) is 40.9 Å². The minimum absolute atomic E-state index is 0.0524. The molecule has 0 aromatic heterocycles. The first-order valence-corrected chi connectivity index (χ1v) is 32.2. The SMILES string of the molecule is CCC/C=C/CC/C=C/CC/C=C/C(O)C(COP(=O)(O)OCC[N+](C)(C)C)NC(=O)CCCCCCCCCCCCCCCCCCC/C=C\C/C=C\CCCCCCCCCCCCCCCCC. The van der Waals surface area contributed by atoms with Gasteiger partial charge < -0.3 is 19.8 Å². The number of allylic oxidation sites excluding steroid dienone is 9. The quantitative estimate of drug-likeness (QED) is 0.0243. The molecule has 3 atom stereocenters. The van der Waals surface area contributed by atoms with Crippen LogP contribution in [0, 0.1) is 0 Å². The summed E-state index contributed by atoms with van der Waals surface area (Å²) >= 11 is 0. The highest BCUT2D eigenvalue weighted by atomic mass is 31.2. The number of hydrogen-bond acceptors (Lipinski definition) is 5. The van der Waals surface area contributed by atoms with Crippen molar-refractivity contribution in [2.45, 2.75) is 296 Å². The summed E-state index contributed by atoms with van der Waals surface area (Å²) in [6.45, 7) is 4.72. The van der Waals surface area contributed by atoms with Crippen LogP contribution in [0.25, 0.3) is 0 Å². The summed E-state index contributed by atoms with van der Waals surface area (Å²) in [6.07, 6.45) is 73.8. The maximum atomic E-state index is 12.9. The lowest BCUT2D eigenvalue weighted by Gasteiger charge is -2.25. The van der Waals surface area contributed by atoms with Crippen LogP contribution in [0.5, 0.6) is 0 Å². The minimum Gasteiger partial charge on any atom is -0.387 e. The number of rotatable bonds is 56. The molecule has 0 aliphatic heterocycles. The second-order valence-corrected chi connectivity index (χ2v) is 23.5. The van der Waals surface area contributed by atoms with Crippen LogP contribution in [-0.4, -0.2) is 73.4 Å². The minimum atomic E-state index is -4.35. The zero-order valence-corrected chi connectivity index (χ0v) is 49.1. The van der Waals surface area contributed by atoms with E-state index < -0.39 is 20.0 Å². The van der Waals surface area contributed by atoms with Crippen molar-refractivity contribution in [3.05, 3.63) is 60.8 Å². The highest BCUT2D eigenvalue weighted by Gasteiger charge is 2.27. The predicted molar refractivity (Wildman–Crippen MR) is 314 cm³/mol. The van der Waals surface area contributed by atoms with Crippen molar-refractivity contribution >= 4 is 13.7 Å². The monoisotopic (exact) mass is 1030 g/mol. The van der Waals surface area contributed by atoms with E-state index in [1.807, 2.05) is 27.2 Å². The van der Waals surface area contributed by atoms with Crippen molar-refractivity contribution in [2.24, 2.45) is 0 Å². The molecule has 0 aliphatic carbocycles. The summed E-state index contributed by atoms with van der Waals surface area (Å²) in [4.78, 5) is 23.2. The van der Waals surface area contributed by atoms with Gasteiger partial charge in [-0.1, -0.05) is 267 Å². The number of amides is 1. The van der Waals surface area contributed by atoms with Gasteiger partial charge in [-0.25, -0.2) is 4.57 Å². The molecule has 422 valence electrons. The van der Waals surface area contributed by atoms with Gasteiger partial charge in [0, 0.05) is 6.42 Å². The third-order valence-corrected chi connectivity index (χ3v) is 14.7. The Balaban J connectivity index is 3.88. The standard InChI is InChI=1S/C63H119N2O6P/c1-6-8-10-12-14-16-18-19-20-21-22-23-24-25-26-27-28-29-30-31-32-33-34-35-36-37-38-39-40-41-42-43-44-45-47-49-51-53-55-57-63(67)64-61(60-71-72(68,69)70-59-58-65(3,4)5)62(66)56-54-52-50-48-46-17-15-13-11-9-7-2/h11,13,28-29,31-32,46,48,54,56,61-62,66H,6-10,12,14-27,30,33-45,47,49-53,55,57-60H2,1-5H3,(H-,64,67,68,69)/p+1/b13-11+,29-28-,32-31-,48-46+,56-54+. The average Bonchev–Trinajstić information content (AvgIpc) is 3.34. The molecule has 0 aromatic carbocycles. The van der Waals surface area contributed by atoms with Gasteiger partial charge in [0.15, 0.2) is 0 Å². The number of nitrogens with one attached hydrogen (secondary N) is 1. The molecule has 0 saturated heterocycles. The summed E-state index contributed by atoms with van der Waals surface area (Å²) < 4.78 is 23.6. The normalized spacial score (nSPS) is 14.3. The summed E-state index contributed by atoms with van der Waals surface area (Å²) in [5, 5.41) is 13.8. The first-order valence-electron chi connectivity index (χ1n) is 30.7. The van der Waals surface area contributed by atoms with Gasteiger partial charge in [0.25, 0.3) is 0 Å². The molecule has 0 bridgehead atoms. The Morgan fingerprint density at radius 1 is 0.472 bits per heavy atom. The van der Waals surface area contributed by atoms with Crippen LogP contribution < -0.4 is 5.32 Å². The first kappa shape index (κ1) is 70.2. The largest absolute Gasteiger partial charge is 0.472 e. The number of phosphoric acid groups is 1. The van der Waals surface area contributed by atoms with Crippen LogP contribution in [-0.2, 0) is 18.4 Å². The molecule has 0 aromatic rings. The van der Waals surface area contributed by atoms with E-state index in [0.29, 0.717) is 17.4 Å². The number of likely N-dealkylation sites (N-methyl/N-ethyl adjacent to an activating group) is 1. The van der Waals surface area contributed by atoms with Gasteiger partial charge in [-0.05, 0) is 70.6 Å². The molecule has 0 aliphatic rings. The topological polar surface area (TPSA) is 105 Å². The molecule has 3 N–H and O–H groups in total. The second-order valence-electron chi connectivity index (χ2n) is 22.1. The maximum Gasteiger partial charge on any atom is 0.472 e. The molecule has 0 heterocycles. The highest BCUT2D eigenvalue weighted by Crippen LogP contribution is 2.43. The third kappa shape index (κ3) is 55.9. The van der Waals surface area contributed by atoms with Crippen molar-refractivity contribution < 1.29 is 32.9 Å². The van der Waals surface area contributed by atoms with Crippen LogP contribution in [0.3, 0.4) is 0 Å². The lowest BCUT2D eigenvalue weighted by atomic mass is 10.0. The number of hydrogen-bond donors (Lipinski definition) is 3. The van der Waals surface area contributed by atoms with Crippen molar-refractivity contribution in [1.29, 1.82) is 0 Å². The predicted octanol–water partition coefficient (Wildman–Crippen LogP) is 18.9. The Labute approximate surface area is 447 Å². The Bertz CT molecular complexity index is 1360. The van der Waals surface area contributed by atoms with Crippen LogP contribution in [0.1, 0.15) is 284 Å². The summed E-state index contributed by atoms with van der Waals surface area (Å²) in [5.74, 6) is -0.192. The number of nitrogens with zero attached hydrogens (tertiary/aromatic N) is 1. The van der Waals surface area contributed by atoms with Gasteiger partial charge in [0.05, 0.1) is 39.9 Å². The van der Waals surface area contributed by atoms with Crippen LogP contribution in [0.15, 0.2) is 60.8 Å². The number of aliphatic hydroxyl groups excluding tert-OH is 1. The Morgan fingerprint density at radius 2 is 0.833 bits per heavy atom. The molecular formula is C63H120N2O6P+. The molecule has 9 heteroatoms. The van der Waals surface area contributed by atoms with Gasteiger partial charge in [0.1, 0.15) is 13.2 Å². The van der Waals surface area contributed by atoms with Gasteiger partial charge in [0.2, 0.25) is 5.91 Å². The van der Waals surface area contributed by atoms with E-state index in [4.69, 9.17) is 9.05 Å². The second kappa shape index (κ2) is 54.0. The molecule has 8 nitrogen and oxygen atoms in total. The van der Waals surface area contributed by atoms with Gasteiger partial charge in [-0.3, -0.25) is 13.8 Å². The first-order chi connectivity index (χ1) is 35.0. The van der Waals surface area contributed by atoms with Crippen LogP contribution in [0.4, 0.5) is 0 Å². The maximum absolute atomic E-state index is 12.9. The zero-order valence-electron chi connectivity index (χ0n) is 48.2. The van der Waals surface area contributed by atoms with Gasteiger partial charge in [-0.15, -0.1) is 0 Å². The number of carbonyl (C=O) groups excluding carboxylic acids is 1. The van der Waals surface area contributed by atoms with Crippen molar-refractivity contribution in [3.63, 3.8) is 0 Å². The van der Waals surface area contributed by atoms with Gasteiger partial charge >= 0.3 is 7.82 Å². The summed E-state index contributed by atoms with van der Waals surface area (Å²) in [5.41, 5.74) is 0. The molecule has 0 spiro atoms. The summed E-state index contributed by atoms with van der Waals surface area (Å²) in [6, 6.07) is -0.870. The number of quaternary nitrogens is 1. The average molecular weight is 1030 g/mol. The number of phosphoric ester groups is 1. The fourth-order valence-electron chi connectivity index (χ4n) is 8.88. The van der Waals surface area contributed by atoms with E-state index in [1.54, 1.807) is 6.08 Å². The van der Waals surface area contributed by atoms with E-state index in [2.05, 4.69) is 67.8 Å². The molecule has 0 rings (SSSR count). The van der Waals surface area contributed by atoms with E-state index in [9.17, 15) is 19.4 Å². The molecule has 0 radical (unpaired) electrons. The Kier molecular flexibility index (Phi) is 52.7. The van der Waals surface area contributed by atoms with Gasteiger partial charge in [-0.2, -0.15) is 0 Å². The van der Waals surface area contributed by atoms with E-state index in [-0.39, 0.29) is 19.1 Å². The van der Waals surface area contributed by atoms with Crippen molar-refractivity contribution in [1.82, 2.24) is 5.32 Å². The smallest absolute Gasteiger partial charge is 0.387 e. The van der Waals surface area contributed by atoms with Crippen LogP contribution >= 0.6 is 7.82 Å². The van der Waals surface area contributed by atoms with E-state index in [0.717, 1.165) is 57.8 Å². The zero-order chi connectivity index (χ0) is 52.7. The number of carbonyl (C=O) groups is 1. The molecule has 3 unspecified atom stereocenters. The number of unbranched alkanes of at least 4 members (excludes halogenated alkanes) is 35. The summed E-state index contributed by atoms with van der Waals surface area (Å²) in [7, 11) is 1.55. The molecule has 1 amide bonds. The fraction of sp³-hybridized carbons (Fsp3) is 0.825. The fourth-order valence-corrected chi connectivity index (χ4v) is 9.61. The van der Waals surface area contributed by atoms with E-state index in [1.165, 1.54) is 205 Å². The third-order valence-electron chi connectivity index (χ3n) is 13.7. The van der Waals surface area contributed by atoms with Crippen LogP contribution in [0.2, 0.25) is 0 Å². The Morgan fingerprint density at radius 3 is 1.24 bits per heavy atom. The molecule has 72 heavy (non-hydrogen) atoms. The number of aliphatic hydroxyl groups is 1. The molecule has 0 saturated carbocycles. The highest BCUT2D eigenvalue weighted by molar-refractivity contribution is 7.47.